The molecule has 0 saturated carbocycles. The highest BCUT2D eigenvalue weighted by Gasteiger charge is 2.29. The fourth-order valence-electron chi connectivity index (χ4n) is 2.80. The van der Waals surface area contributed by atoms with Gasteiger partial charge in [0.1, 0.15) is 5.01 Å². The lowest BCUT2D eigenvalue weighted by molar-refractivity contribution is -0.137. The van der Waals surface area contributed by atoms with Crippen LogP contribution in [-0.2, 0) is 30.4 Å². The molecule has 0 atom stereocenters. The molecule has 0 bridgehead atoms. The summed E-state index contributed by atoms with van der Waals surface area (Å²) in [7, 11) is 0. The number of hydrogen-bond donors (Lipinski definition) is 2. The Morgan fingerprint density at radius 2 is 1.77 bits per heavy atom. The molecule has 0 aliphatic rings. The molecular formula is C22H22F3N3OS. The summed E-state index contributed by atoms with van der Waals surface area (Å²) in [6.45, 7) is 3.14. The third kappa shape index (κ3) is 6.67. The van der Waals surface area contributed by atoms with Gasteiger partial charge in [0.25, 0.3) is 0 Å². The third-order valence-electron chi connectivity index (χ3n) is 4.42. The molecular weight excluding hydrogens is 411 g/mol. The van der Waals surface area contributed by atoms with Gasteiger partial charge in [-0.3, -0.25) is 4.79 Å². The molecule has 30 heavy (non-hydrogen) atoms. The van der Waals surface area contributed by atoms with Gasteiger partial charge >= 0.3 is 6.18 Å². The van der Waals surface area contributed by atoms with Gasteiger partial charge in [0.05, 0.1) is 17.7 Å². The summed E-state index contributed by atoms with van der Waals surface area (Å²) < 4.78 is 37.7. The SMILES string of the molecule is Cc1ccc(NC(=O)Cc2nc(CNCCc3ccc(C(F)(F)F)cc3)cs2)cc1. The summed E-state index contributed by atoms with van der Waals surface area (Å²) in [5.41, 5.74) is 2.92. The number of thiazole rings is 1. The molecule has 1 amide bonds. The number of aromatic nitrogens is 1. The van der Waals surface area contributed by atoms with Crippen LogP contribution in [0.2, 0.25) is 0 Å². The topological polar surface area (TPSA) is 54.0 Å². The second kappa shape index (κ2) is 9.86. The number of carbonyl (C=O) groups excluding carboxylic acids is 1. The summed E-state index contributed by atoms with van der Waals surface area (Å²) >= 11 is 1.43. The maximum Gasteiger partial charge on any atom is 0.416 e. The highest BCUT2D eigenvalue weighted by Crippen LogP contribution is 2.29. The van der Waals surface area contributed by atoms with Crippen molar-refractivity contribution in [1.82, 2.24) is 10.3 Å². The number of nitrogens with zero attached hydrogens (tertiary/aromatic N) is 1. The Hall–Kier alpha value is -2.71. The van der Waals surface area contributed by atoms with E-state index in [1.54, 1.807) is 0 Å². The van der Waals surface area contributed by atoms with E-state index in [1.165, 1.54) is 23.5 Å². The Kier molecular flexibility index (Phi) is 7.23. The summed E-state index contributed by atoms with van der Waals surface area (Å²) in [5.74, 6) is -0.116. The smallest absolute Gasteiger partial charge is 0.326 e. The van der Waals surface area contributed by atoms with Crippen molar-refractivity contribution in [2.45, 2.75) is 32.5 Å². The number of carbonyl (C=O) groups is 1. The minimum Gasteiger partial charge on any atom is -0.326 e. The molecule has 0 aliphatic carbocycles. The normalized spacial score (nSPS) is 11.5. The fourth-order valence-corrected chi connectivity index (χ4v) is 3.59. The van der Waals surface area contributed by atoms with Crippen LogP contribution in [0.25, 0.3) is 0 Å². The first-order valence-corrected chi connectivity index (χ1v) is 10.3. The van der Waals surface area contributed by atoms with E-state index in [9.17, 15) is 18.0 Å². The summed E-state index contributed by atoms with van der Waals surface area (Å²) in [5, 5.41) is 8.72. The third-order valence-corrected chi connectivity index (χ3v) is 5.32. The van der Waals surface area contributed by atoms with Gasteiger partial charge in [0.2, 0.25) is 5.91 Å². The van der Waals surface area contributed by atoms with E-state index in [4.69, 9.17) is 0 Å². The summed E-state index contributed by atoms with van der Waals surface area (Å²) in [6.07, 6.45) is -3.48. The predicted octanol–water partition coefficient (Wildman–Crippen LogP) is 4.98. The Morgan fingerprint density at radius 1 is 1.07 bits per heavy atom. The van der Waals surface area contributed by atoms with Crippen molar-refractivity contribution < 1.29 is 18.0 Å². The Bertz CT molecular complexity index is 967. The molecule has 1 aromatic heterocycles. The average Bonchev–Trinajstić information content (AvgIpc) is 3.14. The number of halogens is 3. The van der Waals surface area contributed by atoms with Crippen molar-refractivity contribution in [3.8, 4) is 0 Å². The molecule has 0 aliphatic heterocycles. The van der Waals surface area contributed by atoms with Gasteiger partial charge in [-0.05, 0) is 49.7 Å². The number of alkyl halides is 3. The van der Waals surface area contributed by atoms with Gasteiger partial charge in [-0.25, -0.2) is 4.98 Å². The van der Waals surface area contributed by atoms with Crippen LogP contribution in [0.3, 0.4) is 0 Å². The lowest BCUT2D eigenvalue weighted by Crippen LogP contribution is -2.17. The van der Waals surface area contributed by atoms with Crippen molar-refractivity contribution in [2.75, 3.05) is 11.9 Å². The largest absolute Gasteiger partial charge is 0.416 e. The number of benzene rings is 2. The second-order valence-corrected chi connectivity index (χ2v) is 7.89. The monoisotopic (exact) mass is 433 g/mol. The van der Waals surface area contributed by atoms with E-state index >= 15 is 0 Å². The number of rotatable bonds is 8. The van der Waals surface area contributed by atoms with Gasteiger partial charge in [0.15, 0.2) is 0 Å². The molecule has 2 aromatic carbocycles. The van der Waals surface area contributed by atoms with Crippen LogP contribution in [0.4, 0.5) is 18.9 Å². The Morgan fingerprint density at radius 3 is 2.43 bits per heavy atom. The molecule has 8 heteroatoms. The molecule has 0 unspecified atom stereocenters. The molecule has 2 N–H and O–H groups in total. The minimum absolute atomic E-state index is 0.116. The van der Waals surface area contributed by atoms with E-state index in [0.717, 1.165) is 39.6 Å². The number of anilines is 1. The van der Waals surface area contributed by atoms with Crippen LogP contribution in [-0.4, -0.2) is 17.4 Å². The number of amides is 1. The Labute approximate surface area is 177 Å². The molecule has 1 heterocycles. The van der Waals surface area contributed by atoms with Crippen molar-refractivity contribution >= 4 is 22.9 Å². The molecule has 3 aromatic rings. The summed E-state index contributed by atoms with van der Waals surface area (Å²) in [6, 6.07) is 12.8. The van der Waals surface area contributed by atoms with E-state index in [1.807, 2.05) is 36.6 Å². The maximum absolute atomic E-state index is 12.6. The predicted molar refractivity (Wildman–Crippen MR) is 112 cm³/mol. The molecule has 158 valence electrons. The first kappa shape index (κ1) is 22.0. The lowest BCUT2D eigenvalue weighted by Gasteiger charge is -2.08. The molecule has 0 saturated heterocycles. The highest BCUT2D eigenvalue weighted by molar-refractivity contribution is 7.09. The summed E-state index contributed by atoms with van der Waals surface area (Å²) in [4.78, 5) is 16.6. The zero-order valence-electron chi connectivity index (χ0n) is 16.4. The minimum atomic E-state index is -4.31. The van der Waals surface area contributed by atoms with E-state index in [-0.39, 0.29) is 12.3 Å². The first-order valence-electron chi connectivity index (χ1n) is 9.46. The molecule has 3 rings (SSSR count). The van der Waals surface area contributed by atoms with Gasteiger partial charge < -0.3 is 10.6 Å². The fraction of sp³-hybridized carbons (Fsp3) is 0.273. The first-order chi connectivity index (χ1) is 14.3. The zero-order valence-corrected chi connectivity index (χ0v) is 17.2. The number of hydrogen-bond acceptors (Lipinski definition) is 4. The van der Waals surface area contributed by atoms with E-state index in [0.29, 0.717) is 19.5 Å². The van der Waals surface area contributed by atoms with Crippen LogP contribution < -0.4 is 10.6 Å². The van der Waals surface area contributed by atoms with Gasteiger partial charge in [-0.15, -0.1) is 11.3 Å². The van der Waals surface area contributed by atoms with Crippen LogP contribution in [0.1, 0.15) is 27.4 Å². The molecule has 0 fully saturated rings. The zero-order chi connectivity index (χ0) is 21.6. The number of nitrogens with one attached hydrogen (secondary N) is 2. The van der Waals surface area contributed by atoms with Crippen LogP contribution >= 0.6 is 11.3 Å². The van der Waals surface area contributed by atoms with Gasteiger partial charge in [0, 0.05) is 17.6 Å². The van der Waals surface area contributed by atoms with E-state index < -0.39 is 11.7 Å². The van der Waals surface area contributed by atoms with Crippen molar-refractivity contribution in [3.63, 3.8) is 0 Å². The molecule has 4 nitrogen and oxygen atoms in total. The maximum atomic E-state index is 12.6. The Balaban J connectivity index is 1.40. The molecule has 0 spiro atoms. The van der Waals surface area contributed by atoms with E-state index in [2.05, 4.69) is 15.6 Å². The van der Waals surface area contributed by atoms with Crippen molar-refractivity contribution in [1.29, 1.82) is 0 Å². The van der Waals surface area contributed by atoms with Crippen LogP contribution in [0.5, 0.6) is 0 Å². The van der Waals surface area contributed by atoms with Gasteiger partial charge in [-0.2, -0.15) is 13.2 Å². The standard InChI is InChI=1S/C22H22F3N3OS/c1-15-2-8-18(9-3-15)27-20(29)12-21-28-19(14-30-21)13-26-11-10-16-4-6-17(7-5-16)22(23,24)25/h2-9,14,26H,10-13H2,1H3,(H,27,29). The van der Waals surface area contributed by atoms with Crippen LogP contribution in [0, 0.1) is 6.92 Å². The van der Waals surface area contributed by atoms with Gasteiger partial charge in [-0.1, -0.05) is 29.8 Å². The quantitative estimate of drug-likeness (QED) is 0.493. The van der Waals surface area contributed by atoms with Crippen molar-refractivity contribution in [2.24, 2.45) is 0 Å². The number of aryl methyl sites for hydroxylation is 1. The van der Waals surface area contributed by atoms with Crippen molar-refractivity contribution in [3.05, 3.63) is 81.3 Å². The van der Waals surface area contributed by atoms with Crippen LogP contribution in [0.15, 0.2) is 53.9 Å². The second-order valence-electron chi connectivity index (χ2n) is 6.95. The lowest BCUT2D eigenvalue weighted by atomic mass is 10.1. The average molecular weight is 433 g/mol. The molecule has 0 radical (unpaired) electrons. The highest BCUT2D eigenvalue weighted by atomic mass is 32.1.